The smallest absolute Gasteiger partial charge is 0.149 e. The molecule has 0 radical (unpaired) electrons. The zero-order chi connectivity index (χ0) is 18.1. The summed E-state index contributed by atoms with van der Waals surface area (Å²) >= 11 is 0. The van der Waals surface area contributed by atoms with Crippen molar-refractivity contribution in [3.63, 3.8) is 0 Å². The molecule has 3 aliphatic rings. The van der Waals surface area contributed by atoms with Crippen LogP contribution in [0.2, 0.25) is 0 Å². The Morgan fingerprint density at radius 1 is 0.885 bits per heavy atom. The average molecular weight is 353 g/mol. The SMILES string of the molecule is C[C@@]1(c2cccc(N)c2)O[C@H]2CO[C@@H]3N2[C@H]1O[C@@]3(C)c1cccc(N)c1. The van der Waals surface area contributed by atoms with Gasteiger partial charge in [-0.15, -0.1) is 0 Å². The van der Waals surface area contributed by atoms with E-state index >= 15 is 0 Å². The van der Waals surface area contributed by atoms with Gasteiger partial charge in [0.2, 0.25) is 0 Å². The van der Waals surface area contributed by atoms with Gasteiger partial charge in [0.15, 0.2) is 0 Å². The van der Waals surface area contributed by atoms with Crippen molar-refractivity contribution in [1.82, 2.24) is 4.90 Å². The molecule has 3 saturated heterocycles. The zero-order valence-electron chi connectivity index (χ0n) is 14.9. The predicted octanol–water partition coefficient (Wildman–Crippen LogP) is 2.35. The van der Waals surface area contributed by atoms with Gasteiger partial charge in [-0.05, 0) is 49.2 Å². The summed E-state index contributed by atoms with van der Waals surface area (Å²) in [5, 5.41) is 0. The number of nitrogens with zero attached hydrogens (tertiary/aromatic N) is 1. The van der Waals surface area contributed by atoms with Gasteiger partial charge in [0.25, 0.3) is 0 Å². The Labute approximate surface area is 152 Å². The van der Waals surface area contributed by atoms with Crippen LogP contribution in [-0.2, 0) is 25.4 Å². The fourth-order valence-electron chi connectivity index (χ4n) is 4.51. The molecule has 3 aliphatic heterocycles. The number of hydrogen-bond acceptors (Lipinski definition) is 6. The van der Waals surface area contributed by atoms with Gasteiger partial charge in [-0.2, -0.15) is 0 Å². The summed E-state index contributed by atoms with van der Waals surface area (Å²) in [7, 11) is 0. The lowest BCUT2D eigenvalue weighted by atomic mass is 9.93. The van der Waals surface area contributed by atoms with Crippen molar-refractivity contribution in [2.45, 2.75) is 43.7 Å². The Morgan fingerprint density at radius 2 is 1.46 bits per heavy atom. The van der Waals surface area contributed by atoms with Gasteiger partial charge in [-0.25, -0.2) is 4.90 Å². The van der Waals surface area contributed by atoms with Crippen LogP contribution in [0.3, 0.4) is 0 Å². The molecule has 6 heteroatoms. The molecule has 136 valence electrons. The summed E-state index contributed by atoms with van der Waals surface area (Å²) in [6.07, 6.45) is -0.630. The second-order valence-corrected chi connectivity index (χ2v) is 7.64. The number of rotatable bonds is 2. The maximum absolute atomic E-state index is 6.64. The van der Waals surface area contributed by atoms with E-state index in [0.717, 1.165) is 11.1 Å². The Hall–Kier alpha value is -2.12. The summed E-state index contributed by atoms with van der Waals surface area (Å²) < 4.78 is 19.1. The lowest BCUT2D eigenvalue weighted by molar-refractivity contribution is -0.138. The Morgan fingerprint density at radius 3 is 2.04 bits per heavy atom. The van der Waals surface area contributed by atoms with Gasteiger partial charge in [0.1, 0.15) is 29.9 Å². The minimum Gasteiger partial charge on any atom is -0.399 e. The minimum absolute atomic E-state index is 0.140. The van der Waals surface area contributed by atoms with Gasteiger partial charge in [0, 0.05) is 11.4 Å². The molecule has 6 nitrogen and oxygen atoms in total. The molecule has 2 aromatic rings. The first-order valence-corrected chi connectivity index (χ1v) is 8.88. The Bertz CT molecular complexity index is 829. The number of hydrogen-bond donors (Lipinski definition) is 2. The minimum atomic E-state index is -0.625. The second-order valence-electron chi connectivity index (χ2n) is 7.64. The summed E-state index contributed by atoms with van der Waals surface area (Å²) in [6.45, 7) is 4.64. The van der Waals surface area contributed by atoms with Gasteiger partial charge < -0.3 is 25.7 Å². The number of benzene rings is 2. The molecule has 0 aromatic heterocycles. The zero-order valence-corrected chi connectivity index (χ0v) is 14.9. The third-order valence-corrected chi connectivity index (χ3v) is 5.87. The van der Waals surface area contributed by atoms with E-state index in [1.54, 1.807) is 0 Å². The van der Waals surface area contributed by atoms with Crippen LogP contribution in [0.5, 0.6) is 0 Å². The van der Waals surface area contributed by atoms with Gasteiger partial charge in [-0.3, -0.25) is 0 Å². The largest absolute Gasteiger partial charge is 0.399 e. The maximum Gasteiger partial charge on any atom is 0.149 e. The van der Waals surface area contributed by atoms with Crippen molar-refractivity contribution in [3.8, 4) is 0 Å². The van der Waals surface area contributed by atoms with E-state index in [0.29, 0.717) is 18.0 Å². The predicted molar refractivity (Wildman–Crippen MR) is 97.7 cm³/mol. The highest BCUT2D eigenvalue weighted by Gasteiger charge is 2.68. The third-order valence-electron chi connectivity index (χ3n) is 5.87. The molecule has 5 rings (SSSR count). The van der Waals surface area contributed by atoms with Crippen LogP contribution in [0.15, 0.2) is 48.5 Å². The van der Waals surface area contributed by atoms with Gasteiger partial charge >= 0.3 is 0 Å². The van der Waals surface area contributed by atoms with Gasteiger partial charge in [-0.1, -0.05) is 24.3 Å². The summed E-state index contributed by atoms with van der Waals surface area (Å²) in [4.78, 5) is 2.20. The molecule has 0 spiro atoms. The first kappa shape index (κ1) is 16.1. The van der Waals surface area contributed by atoms with E-state index in [1.807, 2.05) is 48.5 Å². The van der Waals surface area contributed by atoms with E-state index in [4.69, 9.17) is 25.7 Å². The van der Waals surface area contributed by atoms with Crippen LogP contribution in [0.1, 0.15) is 25.0 Å². The van der Waals surface area contributed by atoms with Crippen molar-refractivity contribution < 1.29 is 14.2 Å². The molecule has 5 atom stereocenters. The van der Waals surface area contributed by atoms with Crippen molar-refractivity contribution in [2.75, 3.05) is 18.1 Å². The van der Waals surface area contributed by atoms with Crippen molar-refractivity contribution in [1.29, 1.82) is 0 Å². The molecule has 0 aliphatic carbocycles. The third kappa shape index (κ3) is 2.01. The van der Waals surface area contributed by atoms with E-state index in [-0.39, 0.29) is 18.7 Å². The number of nitrogens with two attached hydrogens (primary N) is 2. The average Bonchev–Trinajstić information content (AvgIpc) is 3.24. The first-order valence-electron chi connectivity index (χ1n) is 8.88. The molecule has 2 aromatic carbocycles. The number of ether oxygens (including phenoxy) is 3. The van der Waals surface area contributed by atoms with E-state index in [2.05, 4.69) is 18.7 Å². The Kier molecular flexibility index (Phi) is 3.22. The van der Waals surface area contributed by atoms with Crippen LogP contribution in [0, 0.1) is 0 Å². The Balaban J connectivity index is 1.59. The second kappa shape index (κ2) is 5.20. The molecule has 0 saturated carbocycles. The normalized spacial score (nSPS) is 38.6. The highest BCUT2D eigenvalue weighted by atomic mass is 16.7. The van der Waals surface area contributed by atoms with E-state index < -0.39 is 11.2 Å². The fourth-order valence-corrected chi connectivity index (χ4v) is 4.51. The monoisotopic (exact) mass is 353 g/mol. The lowest BCUT2D eigenvalue weighted by Crippen LogP contribution is -2.40. The maximum atomic E-state index is 6.64. The van der Waals surface area contributed by atoms with Crippen LogP contribution in [-0.4, -0.2) is 30.2 Å². The van der Waals surface area contributed by atoms with E-state index in [1.165, 1.54) is 0 Å². The van der Waals surface area contributed by atoms with Gasteiger partial charge in [0.05, 0.1) is 6.61 Å². The van der Waals surface area contributed by atoms with Crippen molar-refractivity contribution >= 4 is 11.4 Å². The summed E-state index contributed by atoms with van der Waals surface area (Å²) in [5.74, 6) is 0. The topological polar surface area (TPSA) is 83.0 Å². The van der Waals surface area contributed by atoms with Crippen molar-refractivity contribution in [3.05, 3.63) is 59.7 Å². The highest BCUT2D eigenvalue weighted by molar-refractivity contribution is 5.45. The van der Waals surface area contributed by atoms with Crippen LogP contribution in [0.4, 0.5) is 11.4 Å². The standard InChI is InChI=1S/C20H23N3O3/c1-19(12-5-3-7-14(21)9-12)17-23-16(11-24-17)25-20(2,18(23)26-19)13-6-4-8-15(22)10-13/h3-10,16-18H,11,21-22H2,1-2H3/t16-,17-,18-,19-,20-/m0/s1. The lowest BCUT2D eigenvalue weighted by Gasteiger charge is -2.33. The molecule has 4 N–H and O–H groups in total. The molecule has 0 amide bonds. The van der Waals surface area contributed by atoms with E-state index in [9.17, 15) is 0 Å². The molecule has 0 unspecified atom stereocenters. The highest BCUT2D eigenvalue weighted by Crippen LogP contribution is 2.55. The van der Waals surface area contributed by atoms with Crippen LogP contribution in [0.25, 0.3) is 0 Å². The fraction of sp³-hybridized carbons (Fsp3) is 0.400. The quantitative estimate of drug-likeness (QED) is 0.807. The molecule has 26 heavy (non-hydrogen) atoms. The van der Waals surface area contributed by atoms with Crippen LogP contribution >= 0.6 is 0 Å². The van der Waals surface area contributed by atoms with Crippen LogP contribution < -0.4 is 11.5 Å². The molecule has 3 heterocycles. The summed E-state index contributed by atoms with van der Waals surface area (Å²) in [5.41, 5.74) is 14.2. The number of anilines is 2. The van der Waals surface area contributed by atoms with Crippen molar-refractivity contribution in [2.24, 2.45) is 0 Å². The first-order chi connectivity index (χ1) is 12.4. The molecular formula is C20H23N3O3. The molecule has 0 bridgehead atoms. The summed E-state index contributed by atoms with van der Waals surface area (Å²) in [6, 6.07) is 15.6. The molecule has 3 fully saturated rings. The molecular weight excluding hydrogens is 330 g/mol. The number of nitrogen functional groups attached to an aromatic ring is 2.